The molecule has 4 heteroatoms. The Bertz CT molecular complexity index is 277. The molecule has 0 aliphatic heterocycles. The van der Waals surface area contributed by atoms with Gasteiger partial charge < -0.3 is 14.9 Å². The molecule has 2 N–H and O–H groups in total. The Hall–Kier alpha value is -0.870. The molecule has 1 aromatic rings. The van der Waals surface area contributed by atoms with Gasteiger partial charge in [-0.05, 0) is 33.6 Å². The van der Waals surface area contributed by atoms with E-state index in [2.05, 4.69) is 17.4 Å². The van der Waals surface area contributed by atoms with Gasteiger partial charge in [-0.1, -0.05) is 5.16 Å². The van der Waals surface area contributed by atoms with Gasteiger partial charge in [0.1, 0.15) is 5.76 Å². The Labute approximate surface area is 90.7 Å². The molecule has 0 amide bonds. The predicted molar refractivity (Wildman–Crippen MR) is 58.6 cm³/mol. The van der Waals surface area contributed by atoms with Crippen LogP contribution in [0.4, 0.5) is 0 Å². The largest absolute Gasteiger partial charge is 0.396 e. The first-order valence-electron chi connectivity index (χ1n) is 5.41. The third-order valence-electron chi connectivity index (χ3n) is 2.60. The van der Waals surface area contributed by atoms with E-state index in [4.69, 9.17) is 9.63 Å². The first-order chi connectivity index (χ1) is 7.15. The maximum atomic E-state index is 8.70. The van der Waals surface area contributed by atoms with E-state index in [1.165, 1.54) is 0 Å². The molecule has 0 bridgehead atoms. The molecule has 0 radical (unpaired) electrons. The van der Waals surface area contributed by atoms with Gasteiger partial charge in [-0.3, -0.25) is 0 Å². The van der Waals surface area contributed by atoms with Crippen molar-refractivity contribution < 1.29 is 9.63 Å². The summed E-state index contributed by atoms with van der Waals surface area (Å²) in [6.07, 6.45) is 1.83. The molecular formula is C11H20N2O2. The first kappa shape index (κ1) is 12.2. The molecule has 0 aliphatic carbocycles. The monoisotopic (exact) mass is 212 g/mol. The van der Waals surface area contributed by atoms with Gasteiger partial charge in [-0.15, -0.1) is 0 Å². The first-order valence-corrected chi connectivity index (χ1v) is 5.41. The SMILES string of the molecule is Cc1noc(C)c1CNC(C)CCCO. The lowest BCUT2D eigenvalue weighted by molar-refractivity contribution is 0.276. The Morgan fingerprint density at radius 3 is 2.73 bits per heavy atom. The standard InChI is InChI=1S/C11H20N2O2/c1-8(5-4-6-14)12-7-11-9(2)13-15-10(11)3/h8,12,14H,4-7H2,1-3H3. The summed E-state index contributed by atoms with van der Waals surface area (Å²) in [5.41, 5.74) is 2.10. The Morgan fingerprint density at radius 2 is 2.20 bits per heavy atom. The highest BCUT2D eigenvalue weighted by molar-refractivity contribution is 5.20. The van der Waals surface area contributed by atoms with Crippen molar-refractivity contribution >= 4 is 0 Å². The number of aryl methyl sites for hydroxylation is 2. The van der Waals surface area contributed by atoms with Crippen LogP contribution in [-0.4, -0.2) is 22.9 Å². The summed E-state index contributed by atoms with van der Waals surface area (Å²) in [5.74, 6) is 0.884. The van der Waals surface area contributed by atoms with Crippen LogP contribution in [0.5, 0.6) is 0 Å². The van der Waals surface area contributed by atoms with Crippen LogP contribution in [-0.2, 0) is 6.54 Å². The fraction of sp³-hybridized carbons (Fsp3) is 0.727. The van der Waals surface area contributed by atoms with Crippen LogP contribution in [0.2, 0.25) is 0 Å². The molecule has 1 aromatic heterocycles. The molecule has 0 aromatic carbocycles. The van der Waals surface area contributed by atoms with E-state index >= 15 is 0 Å². The van der Waals surface area contributed by atoms with E-state index in [-0.39, 0.29) is 6.61 Å². The van der Waals surface area contributed by atoms with E-state index in [9.17, 15) is 0 Å². The lowest BCUT2D eigenvalue weighted by Crippen LogP contribution is -2.26. The van der Waals surface area contributed by atoms with Crippen molar-refractivity contribution in [3.8, 4) is 0 Å². The van der Waals surface area contributed by atoms with Crippen LogP contribution in [0.1, 0.15) is 36.8 Å². The minimum Gasteiger partial charge on any atom is -0.396 e. The van der Waals surface area contributed by atoms with E-state index in [0.29, 0.717) is 6.04 Å². The van der Waals surface area contributed by atoms with Gasteiger partial charge in [0.15, 0.2) is 0 Å². The number of aliphatic hydroxyl groups is 1. The molecule has 0 aliphatic rings. The van der Waals surface area contributed by atoms with Crippen LogP contribution in [0.3, 0.4) is 0 Å². The molecule has 1 unspecified atom stereocenters. The predicted octanol–water partition coefficient (Wildman–Crippen LogP) is 1.54. The van der Waals surface area contributed by atoms with Crippen LogP contribution in [0.15, 0.2) is 4.52 Å². The van der Waals surface area contributed by atoms with E-state index in [1.54, 1.807) is 0 Å². The summed E-state index contributed by atoms with van der Waals surface area (Å²) in [4.78, 5) is 0. The van der Waals surface area contributed by atoms with Gasteiger partial charge in [0.25, 0.3) is 0 Å². The zero-order chi connectivity index (χ0) is 11.3. The van der Waals surface area contributed by atoms with Crippen molar-refractivity contribution in [2.75, 3.05) is 6.61 Å². The van der Waals surface area contributed by atoms with Crippen LogP contribution in [0, 0.1) is 13.8 Å². The molecule has 0 fully saturated rings. The second-order valence-corrected chi connectivity index (χ2v) is 3.95. The number of nitrogens with zero attached hydrogens (tertiary/aromatic N) is 1. The van der Waals surface area contributed by atoms with Gasteiger partial charge in [0, 0.05) is 24.8 Å². The fourth-order valence-corrected chi connectivity index (χ4v) is 1.53. The average molecular weight is 212 g/mol. The van der Waals surface area contributed by atoms with Gasteiger partial charge in [-0.25, -0.2) is 0 Å². The van der Waals surface area contributed by atoms with E-state index in [1.807, 2.05) is 13.8 Å². The highest BCUT2D eigenvalue weighted by Crippen LogP contribution is 2.12. The van der Waals surface area contributed by atoms with Crippen molar-refractivity contribution in [3.63, 3.8) is 0 Å². The summed E-state index contributed by atoms with van der Waals surface area (Å²) in [6.45, 7) is 7.04. The Kier molecular flexibility index (Phi) is 4.78. The maximum Gasteiger partial charge on any atom is 0.138 e. The molecule has 15 heavy (non-hydrogen) atoms. The van der Waals surface area contributed by atoms with Crippen molar-refractivity contribution in [3.05, 3.63) is 17.0 Å². The summed E-state index contributed by atoms with van der Waals surface area (Å²) in [5, 5.41) is 16.0. The summed E-state index contributed by atoms with van der Waals surface area (Å²) < 4.78 is 5.08. The third-order valence-corrected chi connectivity index (χ3v) is 2.60. The number of nitrogens with one attached hydrogen (secondary N) is 1. The van der Waals surface area contributed by atoms with Crippen molar-refractivity contribution in [2.24, 2.45) is 0 Å². The maximum absolute atomic E-state index is 8.70. The van der Waals surface area contributed by atoms with Crippen LogP contribution in [0.25, 0.3) is 0 Å². The molecule has 0 saturated heterocycles. The van der Waals surface area contributed by atoms with E-state index < -0.39 is 0 Å². The quantitative estimate of drug-likeness (QED) is 0.751. The minimum absolute atomic E-state index is 0.261. The lowest BCUT2D eigenvalue weighted by Gasteiger charge is -2.12. The molecule has 1 rings (SSSR count). The average Bonchev–Trinajstić information content (AvgIpc) is 2.53. The number of hydrogen-bond donors (Lipinski definition) is 2. The molecule has 4 nitrogen and oxygen atoms in total. The lowest BCUT2D eigenvalue weighted by atomic mass is 10.1. The van der Waals surface area contributed by atoms with Crippen LogP contribution >= 0.6 is 0 Å². The molecule has 86 valence electrons. The van der Waals surface area contributed by atoms with Crippen molar-refractivity contribution in [2.45, 2.75) is 46.2 Å². The Morgan fingerprint density at radius 1 is 1.47 bits per heavy atom. The topological polar surface area (TPSA) is 58.3 Å². The molecule has 1 atom stereocenters. The Balaban J connectivity index is 2.36. The van der Waals surface area contributed by atoms with Crippen molar-refractivity contribution in [1.29, 1.82) is 0 Å². The summed E-state index contributed by atoms with van der Waals surface area (Å²) in [6, 6.07) is 0.408. The molecule has 0 spiro atoms. The zero-order valence-corrected chi connectivity index (χ0v) is 9.71. The second-order valence-electron chi connectivity index (χ2n) is 3.95. The fourth-order valence-electron chi connectivity index (χ4n) is 1.53. The van der Waals surface area contributed by atoms with Crippen molar-refractivity contribution in [1.82, 2.24) is 10.5 Å². The summed E-state index contributed by atoms with van der Waals surface area (Å²) >= 11 is 0. The molecular weight excluding hydrogens is 192 g/mol. The zero-order valence-electron chi connectivity index (χ0n) is 9.71. The highest BCUT2D eigenvalue weighted by Gasteiger charge is 2.09. The third kappa shape index (κ3) is 3.64. The minimum atomic E-state index is 0.261. The molecule has 1 heterocycles. The van der Waals surface area contributed by atoms with Gasteiger partial charge >= 0.3 is 0 Å². The van der Waals surface area contributed by atoms with Gasteiger partial charge in [0.2, 0.25) is 0 Å². The smallest absolute Gasteiger partial charge is 0.138 e. The van der Waals surface area contributed by atoms with Crippen LogP contribution < -0.4 is 5.32 Å². The normalized spacial score (nSPS) is 13.1. The highest BCUT2D eigenvalue weighted by atomic mass is 16.5. The van der Waals surface area contributed by atoms with E-state index in [0.717, 1.165) is 36.4 Å². The number of aliphatic hydroxyl groups excluding tert-OH is 1. The number of hydrogen-bond acceptors (Lipinski definition) is 4. The second kappa shape index (κ2) is 5.88. The van der Waals surface area contributed by atoms with Gasteiger partial charge in [0.05, 0.1) is 5.69 Å². The number of aromatic nitrogens is 1. The number of rotatable bonds is 6. The molecule has 0 saturated carbocycles. The van der Waals surface area contributed by atoms with Gasteiger partial charge in [-0.2, -0.15) is 0 Å². The summed E-state index contributed by atoms with van der Waals surface area (Å²) in [7, 11) is 0.